The SMILES string of the molecule is C1=CC[C@H]2CN(c3nncs3)C[C@H]2C1. The minimum atomic E-state index is 0.851. The van der Waals surface area contributed by atoms with Gasteiger partial charge in [-0.1, -0.05) is 23.5 Å². The van der Waals surface area contributed by atoms with Gasteiger partial charge < -0.3 is 4.90 Å². The average Bonchev–Trinajstić information content (AvgIpc) is 2.86. The van der Waals surface area contributed by atoms with E-state index < -0.39 is 0 Å². The predicted octanol–water partition coefficient (Wildman–Crippen LogP) is 1.94. The number of hydrogen-bond donors (Lipinski definition) is 0. The van der Waals surface area contributed by atoms with Crippen molar-refractivity contribution in [2.24, 2.45) is 11.8 Å². The van der Waals surface area contributed by atoms with E-state index in [9.17, 15) is 0 Å². The van der Waals surface area contributed by atoms with Crippen LogP contribution in [0.1, 0.15) is 12.8 Å². The van der Waals surface area contributed by atoms with Crippen LogP contribution in [0.3, 0.4) is 0 Å². The van der Waals surface area contributed by atoms with Crippen LogP contribution in [0.15, 0.2) is 17.7 Å². The van der Waals surface area contributed by atoms with Crippen molar-refractivity contribution >= 4 is 16.5 Å². The third-order valence-corrected chi connectivity index (χ3v) is 3.99. The maximum Gasteiger partial charge on any atom is 0.208 e. The lowest BCUT2D eigenvalue weighted by molar-refractivity contribution is 0.411. The highest BCUT2D eigenvalue weighted by atomic mass is 32.1. The molecule has 1 aromatic heterocycles. The lowest BCUT2D eigenvalue weighted by atomic mass is 9.86. The lowest BCUT2D eigenvalue weighted by Crippen LogP contribution is -2.19. The summed E-state index contributed by atoms with van der Waals surface area (Å²) < 4.78 is 0. The monoisotopic (exact) mass is 207 g/mol. The number of aromatic nitrogens is 2. The molecule has 2 heterocycles. The molecule has 1 aromatic rings. The molecule has 0 aromatic carbocycles. The molecule has 2 atom stereocenters. The third kappa shape index (κ3) is 1.34. The Kier molecular flexibility index (Phi) is 2.01. The van der Waals surface area contributed by atoms with E-state index >= 15 is 0 Å². The van der Waals surface area contributed by atoms with E-state index in [0.717, 1.165) is 17.0 Å². The molecular formula is C10H13N3S. The second-order valence-corrected chi connectivity index (χ2v) is 4.90. The van der Waals surface area contributed by atoms with Crippen LogP contribution in [0, 0.1) is 11.8 Å². The standard InChI is InChI=1S/C10H13N3S/c1-2-4-9-6-13(5-8(9)3-1)10-12-11-7-14-10/h1-2,7-9H,3-6H2/t8-,9+. The first-order valence-corrected chi connectivity index (χ1v) is 5.97. The van der Waals surface area contributed by atoms with Crippen molar-refractivity contribution in [2.75, 3.05) is 18.0 Å². The number of anilines is 1. The van der Waals surface area contributed by atoms with Gasteiger partial charge in [0.15, 0.2) is 0 Å². The minimum Gasteiger partial charge on any atom is -0.346 e. The second-order valence-electron chi connectivity index (χ2n) is 4.09. The Hall–Kier alpha value is -0.900. The molecule has 1 aliphatic carbocycles. The lowest BCUT2D eigenvalue weighted by Gasteiger charge is -2.17. The molecular weight excluding hydrogens is 194 g/mol. The zero-order valence-corrected chi connectivity index (χ0v) is 8.78. The molecule has 1 aliphatic heterocycles. The topological polar surface area (TPSA) is 29.0 Å². The fourth-order valence-corrected chi connectivity index (χ4v) is 3.06. The first kappa shape index (κ1) is 8.41. The van der Waals surface area contributed by atoms with Crippen LogP contribution in [0.25, 0.3) is 0 Å². The normalized spacial score (nSPS) is 30.7. The zero-order chi connectivity index (χ0) is 9.38. The van der Waals surface area contributed by atoms with Gasteiger partial charge in [0, 0.05) is 13.1 Å². The number of rotatable bonds is 1. The summed E-state index contributed by atoms with van der Waals surface area (Å²) in [7, 11) is 0. The van der Waals surface area contributed by atoms with Crippen LogP contribution in [0.5, 0.6) is 0 Å². The van der Waals surface area contributed by atoms with Gasteiger partial charge in [0.25, 0.3) is 0 Å². The van der Waals surface area contributed by atoms with Crippen molar-refractivity contribution in [2.45, 2.75) is 12.8 Å². The van der Waals surface area contributed by atoms with E-state index in [2.05, 4.69) is 27.2 Å². The van der Waals surface area contributed by atoms with E-state index in [1.54, 1.807) is 11.3 Å². The molecule has 0 saturated carbocycles. The summed E-state index contributed by atoms with van der Waals surface area (Å²) in [6, 6.07) is 0. The summed E-state index contributed by atoms with van der Waals surface area (Å²) in [6.45, 7) is 2.34. The highest BCUT2D eigenvalue weighted by molar-refractivity contribution is 7.13. The van der Waals surface area contributed by atoms with Crippen molar-refractivity contribution in [1.29, 1.82) is 0 Å². The molecule has 74 valence electrons. The molecule has 0 unspecified atom stereocenters. The largest absolute Gasteiger partial charge is 0.346 e. The van der Waals surface area contributed by atoms with Gasteiger partial charge in [-0.3, -0.25) is 0 Å². The molecule has 3 nitrogen and oxygen atoms in total. The minimum absolute atomic E-state index is 0.851. The Balaban J connectivity index is 1.76. The summed E-state index contributed by atoms with van der Waals surface area (Å²) in [6.07, 6.45) is 7.15. The summed E-state index contributed by atoms with van der Waals surface area (Å²) >= 11 is 1.65. The van der Waals surface area contributed by atoms with Crippen LogP contribution < -0.4 is 4.90 Å². The number of allylic oxidation sites excluding steroid dienone is 2. The van der Waals surface area contributed by atoms with Gasteiger partial charge in [-0.15, -0.1) is 10.2 Å². The van der Waals surface area contributed by atoms with Gasteiger partial charge in [0.1, 0.15) is 5.51 Å². The Morgan fingerprint density at radius 2 is 1.93 bits per heavy atom. The summed E-state index contributed by atoms with van der Waals surface area (Å²) in [5, 5.41) is 9.12. The third-order valence-electron chi connectivity index (χ3n) is 3.24. The van der Waals surface area contributed by atoms with Crippen molar-refractivity contribution in [1.82, 2.24) is 10.2 Å². The molecule has 2 aliphatic rings. The van der Waals surface area contributed by atoms with E-state index in [4.69, 9.17) is 0 Å². The molecule has 1 fully saturated rings. The molecule has 0 spiro atoms. The van der Waals surface area contributed by atoms with Crippen molar-refractivity contribution in [3.8, 4) is 0 Å². The molecule has 4 heteroatoms. The van der Waals surface area contributed by atoms with Gasteiger partial charge in [-0.25, -0.2) is 0 Å². The first-order chi connectivity index (χ1) is 6.93. The molecule has 14 heavy (non-hydrogen) atoms. The van der Waals surface area contributed by atoms with Crippen molar-refractivity contribution in [3.05, 3.63) is 17.7 Å². The van der Waals surface area contributed by atoms with Crippen molar-refractivity contribution < 1.29 is 0 Å². The van der Waals surface area contributed by atoms with E-state index in [0.29, 0.717) is 0 Å². The zero-order valence-electron chi connectivity index (χ0n) is 7.97. The summed E-state index contributed by atoms with van der Waals surface area (Å²) in [5.41, 5.74) is 1.82. The predicted molar refractivity (Wildman–Crippen MR) is 57.5 cm³/mol. The van der Waals surface area contributed by atoms with E-state index in [-0.39, 0.29) is 0 Å². The van der Waals surface area contributed by atoms with Gasteiger partial charge in [0.2, 0.25) is 5.13 Å². The molecule has 3 rings (SSSR count). The Bertz CT molecular complexity index is 317. The molecule has 0 N–H and O–H groups in total. The number of nitrogens with zero attached hydrogens (tertiary/aromatic N) is 3. The Morgan fingerprint density at radius 3 is 2.50 bits per heavy atom. The quantitative estimate of drug-likeness (QED) is 0.659. The van der Waals surface area contributed by atoms with Crippen molar-refractivity contribution in [3.63, 3.8) is 0 Å². The number of hydrogen-bond acceptors (Lipinski definition) is 4. The first-order valence-electron chi connectivity index (χ1n) is 5.09. The van der Waals surface area contributed by atoms with Gasteiger partial charge in [0.05, 0.1) is 0 Å². The van der Waals surface area contributed by atoms with Crippen LogP contribution >= 0.6 is 11.3 Å². The fourth-order valence-electron chi connectivity index (χ4n) is 2.48. The van der Waals surface area contributed by atoms with Gasteiger partial charge >= 0.3 is 0 Å². The van der Waals surface area contributed by atoms with Crippen LogP contribution in [0.4, 0.5) is 5.13 Å². The number of fused-ring (bicyclic) bond motifs is 1. The van der Waals surface area contributed by atoms with Crippen LogP contribution in [-0.4, -0.2) is 23.3 Å². The highest BCUT2D eigenvalue weighted by Crippen LogP contribution is 2.35. The van der Waals surface area contributed by atoms with Gasteiger partial charge in [-0.05, 0) is 24.7 Å². The van der Waals surface area contributed by atoms with Gasteiger partial charge in [-0.2, -0.15) is 0 Å². The Labute approximate surface area is 87.5 Å². The van der Waals surface area contributed by atoms with Crippen LogP contribution in [0.2, 0.25) is 0 Å². The molecule has 1 saturated heterocycles. The summed E-state index contributed by atoms with van der Waals surface area (Å²) in [4.78, 5) is 2.39. The highest BCUT2D eigenvalue weighted by Gasteiger charge is 2.33. The molecule has 0 bridgehead atoms. The smallest absolute Gasteiger partial charge is 0.208 e. The van der Waals surface area contributed by atoms with E-state index in [1.165, 1.54) is 25.9 Å². The van der Waals surface area contributed by atoms with Crippen LogP contribution in [-0.2, 0) is 0 Å². The molecule has 0 amide bonds. The fraction of sp³-hybridized carbons (Fsp3) is 0.600. The average molecular weight is 207 g/mol. The summed E-state index contributed by atoms with van der Waals surface area (Å²) in [5.74, 6) is 1.70. The maximum absolute atomic E-state index is 4.13. The second kappa shape index (κ2) is 3.35. The Morgan fingerprint density at radius 1 is 1.21 bits per heavy atom. The maximum atomic E-state index is 4.13. The molecule has 0 radical (unpaired) electrons. The van der Waals surface area contributed by atoms with E-state index in [1.807, 2.05) is 5.51 Å².